The predicted molar refractivity (Wildman–Crippen MR) is 91.5 cm³/mol. The van der Waals surface area contributed by atoms with Crippen LogP contribution in [0.1, 0.15) is 33.0 Å². The zero-order valence-corrected chi connectivity index (χ0v) is 14.9. The van der Waals surface area contributed by atoms with Gasteiger partial charge in [0.05, 0.1) is 15.9 Å². The van der Waals surface area contributed by atoms with Gasteiger partial charge in [-0.3, -0.25) is 4.57 Å². The summed E-state index contributed by atoms with van der Waals surface area (Å²) < 4.78 is 36.3. The molecule has 0 bridgehead atoms. The molecule has 1 aromatic carbocycles. The van der Waals surface area contributed by atoms with Crippen LogP contribution in [0, 0.1) is 0 Å². The van der Waals surface area contributed by atoms with Gasteiger partial charge in [0, 0.05) is 19.5 Å². The Bertz CT molecular complexity index is 1060. The van der Waals surface area contributed by atoms with Crippen molar-refractivity contribution in [2.75, 3.05) is 0 Å². The third kappa shape index (κ3) is 2.61. The first kappa shape index (κ1) is 16.2. The fourth-order valence-corrected chi connectivity index (χ4v) is 4.37. The third-order valence-electron chi connectivity index (χ3n) is 4.60. The fraction of sp³-hybridized carbons (Fsp3) is 0.467. The third-order valence-corrected chi connectivity index (χ3v) is 6.24. The number of hydrogen-bond acceptors (Lipinski definition) is 6. The minimum absolute atomic E-state index is 0.114. The molecule has 2 aliphatic rings. The molecule has 2 aromatic rings. The lowest BCUT2D eigenvalue weighted by Crippen LogP contribution is -2.34. The van der Waals surface area contributed by atoms with E-state index in [4.69, 9.17) is 4.74 Å². The first-order valence-corrected chi connectivity index (χ1v) is 9.40. The van der Waals surface area contributed by atoms with Crippen molar-refractivity contribution >= 4 is 27.0 Å². The number of aromatic nitrogens is 2. The molecule has 2 heterocycles. The summed E-state index contributed by atoms with van der Waals surface area (Å²) in [6, 6.07) is 4.62. The molecule has 1 fully saturated rings. The average molecular weight is 365 g/mol. The van der Waals surface area contributed by atoms with Crippen LogP contribution in [0.5, 0.6) is 0 Å². The number of hydrazone groups is 1. The summed E-state index contributed by atoms with van der Waals surface area (Å²) in [6.45, 7) is 3.54. The average Bonchev–Trinajstić information content (AvgIpc) is 3.00. The Morgan fingerprint density at radius 2 is 2.08 bits per heavy atom. The topological polar surface area (TPSA) is 107 Å². The van der Waals surface area contributed by atoms with Crippen LogP contribution in [-0.4, -0.2) is 29.0 Å². The van der Waals surface area contributed by atoms with Gasteiger partial charge in [-0.2, -0.15) is 0 Å². The van der Waals surface area contributed by atoms with Gasteiger partial charge in [-0.25, -0.2) is 27.9 Å². The highest BCUT2D eigenvalue weighted by Gasteiger charge is 2.41. The second-order valence-electron chi connectivity index (χ2n) is 6.76. The Labute approximate surface area is 144 Å². The molecule has 0 saturated heterocycles. The summed E-state index contributed by atoms with van der Waals surface area (Å²) in [5.41, 5.74) is 3.10. The molecule has 2 N–H and O–H groups in total. The van der Waals surface area contributed by atoms with Crippen LogP contribution in [0.15, 0.2) is 33.0 Å². The molecule has 1 aliphatic carbocycles. The molecule has 9 nitrogen and oxygen atoms in total. The Hall–Kier alpha value is -2.33. The number of fused-ring (bicyclic) bond motifs is 1. The van der Waals surface area contributed by atoms with Gasteiger partial charge in [0.25, 0.3) is 6.35 Å². The van der Waals surface area contributed by atoms with Gasteiger partial charge >= 0.3 is 5.69 Å². The number of nitrogens with one attached hydrogen (secondary N) is 2. The molecular weight excluding hydrogens is 346 g/mol. The van der Waals surface area contributed by atoms with Gasteiger partial charge in [0.1, 0.15) is 0 Å². The quantitative estimate of drug-likeness (QED) is 0.824. The highest BCUT2D eigenvalue weighted by molar-refractivity contribution is 7.89. The molecule has 134 valence electrons. The molecule has 4 rings (SSSR count). The van der Waals surface area contributed by atoms with Gasteiger partial charge in [0.2, 0.25) is 15.9 Å². The Morgan fingerprint density at radius 1 is 1.36 bits per heavy atom. The zero-order valence-electron chi connectivity index (χ0n) is 14.1. The lowest BCUT2D eigenvalue weighted by atomic mass is 10.3. The minimum atomic E-state index is -3.67. The van der Waals surface area contributed by atoms with Crippen molar-refractivity contribution in [3.05, 3.63) is 28.7 Å². The number of benzene rings is 1. The minimum Gasteiger partial charge on any atom is -0.436 e. The van der Waals surface area contributed by atoms with Crippen molar-refractivity contribution in [3.8, 4) is 0 Å². The summed E-state index contributed by atoms with van der Waals surface area (Å²) in [7, 11) is -2.04. The van der Waals surface area contributed by atoms with Gasteiger partial charge in [0.15, 0.2) is 0 Å². The molecule has 1 unspecified atom stereocenters. The molecule has 1 aliphatic heterocycles. The lowest BCUT2D eigenvalue weighted by molar-refractivity contribution is 0.113. The summed E-state index contributed by atoms with van der Waals surface area (Å²) in [5.74, 6) is 0.404. The fourth-order valence-electron chi connectivity index (χ4n) is 2.88. The number of imidazole rings is 1. The number of hydrogen-bond donors (Lipinski definition) is 2. The monoisotopic (exact) mass is 365 g/mol. The summed E-state index contributed by atoms with van der Waals surface area (Å²) in [6.07, 6.45) is 0.838. The van der Waals surface area contributed by atoms with E-state index >= 15 is 0 Å². The SMILES string of the molecule is CC1=NNC(n2c(=O)n(C)c3ccc(S(=O)(=O)NC4(C)CC4)cc32)O1. The summed E-state index contributed by atoms with van der Waals surface area (Å²) in [4.78, 5) is 12.7. The molecule has 0 radical (unpaired) electrons. The van der Waals surface area contributed by atoms with Crippen LogP contribution >= 0.6 is 0 Å². The highest BCUT2D eigenvalue weighted by atomic mass is 32.2. The van der Waals surface area contributed by atoms with E-state index in [1.165, 1.54) is 21.3 Å². The number of ether oxygens (including phenoxy) is 1. The van der Waals surface area contributed by atoms with E-state index in [0.717, 1.165) is 12.8 Å². The lowest BCUT2D eigenvalue weighted by Gasteiger charge is -2.14. The van der Waals surface area contributed by atoms with E-state index in [-0.39, 0.29) is 16.1 Å². The number of aryl methyl sites for hydroxylation is 1. The maximum Gasteiger partial charge on any atom is 0.333 e. The van der Waals surface area contributed by atoms with Crippen molar-refractivity contribution in [2.24, 2.45) is 12.1 Å². The first-order valence-electron chi connectivity index (χ1n) is 7.92. The van der Waals surface area contributed by atoms with Gasteiger partial charge in [-0.15, -0.1) is 5.10 Å². The zero-order chi connectivity index (χ0) is 18.0. The van der Waals surface area contributed by atoms with Crippen LogP contribution in [0.3, 0.4) is 0 Å². The summed E-state index contributed by atoms with van der Waals surface area (Å²) >= 11 is 0. The molecule has 0 amide bonds. The van der Waals surface area contributed by atoms with Crippen molar-refractivity contribution < 1.29 is 13.2 Å². The molecule has 0 spiro atoms. The second-order valence-corrected chi connectivity index (χ2v) is 8.44. The Kier molecular flexibility index (Phi) is 3.29. The smallest absolute Gasteiger partial charge is 0.333 e. The van der Waals surface area contributed by atoms with Crippen molar-refractivity contribution in [3.63, 3.8) is 0 Å². The van der Waals surface area contributed by atoms with Crippen LogP contribution < -0.4 is 15.8 Å². The first-order chi connectivity index (χ1) is 11.7. The maximum absolute atomic E-state index is 12.6. The molecule has 25 heavy (non-hydrogen) atoms. The van der Waals surface area contributed by atoms with Crippen molar-refractivity contribution in [2.45, 2.75) is 43.5 Å². The van der Waals surface area contributed by atoms with Crippen molar-refractivity contribution in [1.82, 2.24) is 19.3 Å². The van der Waals surface area contributed by atoms with E-state index in [0.29, 0.717) is 16.9 Å². The van der Waals surface area contributed by atoms with Gasteiger partial charge in [-0.1, -0.05) is 0 Å². The van der Waals surface area contributed by atoms with E-state index in [1.54, 1.807) is 20.0 Å². The molecule has 1 atom stereocenters. The van der Waals surface area contributed by atoms with E-state index in [2.05, 4.69) is 15.2 Å². The molecule has 10 heteroatoms. The highest BCUT2D eigenvalue weighted by Crippen LogP contribution is 2.36. The number of nitrogens with zero attached hydrogens (tertiary/aromatic N) is 3. The van der Waals surface area contributed by atoms with Crippen molar-refractivity contribution in [1.29, 1.82) is 0 Å². The van der Waals surface area contributed by atoms with Gasteiger partial charge in [-0.05, 0) is 38.0 Å². The van der Waals surface area contributed by atoms with E-state index in [9.17, 15) is 13.2 Å². The Morgan fingerprint density at radius 3 is 2.68 bits per heavy atom. The predicted octanol–water partition coefficient (Wildman–Crippen LogP) is 0.580. The summed E-state index contributed by atoms with van der Waals surface area (Å²) in [5, 5.41) is 3.92. The maximum atomic E-state index is 12.6. The van der Waals surface area contributed by atoms with Crippen LogP contribution in [0.2, 0.25) is 0 Å². The van der Waals surface area contributed by atoms with Crippen LogP contribution in [0.25, 0.3) is 11.0 Å². The van der Waals surface area contributed by atoms with Crippen LogP contribution in [-0.2, 0) is 21.8 Å². The second kappa shape index (κ2) is 5.09. The number of sulfonamides is 1. The molecular formula is C15H19N5O4S. The molecule has 1 saturated carbocycles. The number of rotatable bonds is 4. The standard InChI is InChI=1S/C15H19N5O4S/c1-9-16-17-13(24-9)20-12-8-10(4-5-11(12)19(3)14(20)21)25(22,23)18-15(2)6-7-15/h4-5,8,13,17-18H,6-7H2,1-3H3. The normalized spacial score (nSPS) is 21.7. The van der Waals surface area contributed by atoms with E-state index < -0.39 is 16.4 Å². The van der Waals surface area contributed by atoms with Crippen LogP contribution in [0.4, 0.5) is 0 Å². The van der Waals surface area contributed by atoms with E-state index in [1.807, 2.05) is 6.92 Å². The molecule has 1 aromatic heterocycles. The largest absolute Gasteiger partial charge is 0.436 e. The Balaban J connectivity index is 1.83. The van der Waals surface area contributed by atoms with Gasteiger partial charge < -0.3 is 4.74 Å².